The lowest BCUT2D eigenvalue weighted by Crippen LogP contribution is -2.51. The number of nitro groups is 1. The van der Waals surface area contributed by atoms with Crippen LogP contribution in [0.2, 0.25) is 0 Å². The first-order chi connectivity index (χ1) is 11.2. The summed E-state index contributed by atoms with van der Waals surface area (Å²) in [6, 6.07) is 7.86. The zero-order valence-electron chi connectivity index (χ0n) is 13.6. The summed E-state index contributed by atoms with van der Waals surface area (Å²) >= 11 is 0. The van der Waals surface area contributed by atoms with Crippen molar-refractivity contribution in [3.8, 4) is 0 Å². The lowest BCUT2D eigenvalue weighted by molar-refractivity contribution is -0.384. The van der Waals surface area contributed by atoms with Crippen molar-refractivity contribution in [2.45, 2.75) is 38.3 Å². The number of fused-ring (bicyclic) bond motifs is 2. The van der Waals surface area contributed by atoms with Crippen molar-refractivity contribution in [1.29, 1.82) is 0 Å². The molecule has 5 nitrogen and oxygen atoms in total. The normalized spacial score (nSPS) is 31.6. The molecule has 0 N–H and O–H groups in total. The molecule has 1 aromatic rings. The van der Waals surface area contributed by atoms with Gasteiger partial charge >= 0.3 is 0 Å². The molecular weight excluding hydrogens is 290 g/mol. The molecule has 1 aliphatic heterocycles. The molecule has 0 amide bonds. The molecule has 3 atom stereocenters. The maximum absolute atomic E-state index is 10.7. The number of benzene rings is 1. The fourth-order valence-corrected chi connectivity index (χ4v) is 4.89. The summed E-state index contributed by atoms with van der Waals surface area (Å²) < 4.78 is 0. The Hall–Kier alpha value is -1.46. The molecule has 1 aromatic carbocycles. The van der Waals surface area contributed by atoms with Crippen LogP contribution in [0.5, 0.6) is 0 Å². The third kappa shape index (κ3) is 3.12. The molecule has 2 bridgehead atoms. The zero-order chi connectivity index (χ0) is 15.8. The first kappa shape index (κ1) is 15.1. The number of non-ortho nitro benzene ring substituents is 1. The van der Waals surface area contributed by atoms with Gasteiger partial charge in [-0.3, -0.25) is 19.9 Å². The Morgan fingerprint density at radius 1 is 1.04 bits per heavy atom. The largest absolute Gasteiger partial charge is 0.298 e. The van der Waals surface area contributed by atoms with Gasteiger partial charge in [0, 0.05) is 50.9 Å². The minimum Gasteiger partial charge on any atom is -0.298 e. The molecule has 0 radical (unpaired) electrons. The van der Waals surface area contributed by atoms with E-state index in [1.807, 2.05) is 12.1 Å². The van der Waals surface area contributed by atoms with E-state index < -0.39 is 0 Å². The molecule has 3 aliphatic rings. The number of hydrogen-bond donors (Lipinski definition) is 0. The average molecular weight is 315 g/mol. The predicted molar refractivity (Wildman–Crippen MR) is 89.2 cm³/mol. The summed E-state index contributed by atoms with van der Waals surface area (Å²) in [6.07, 6.45) is 5.85. The van der Waals surface area contributed by atoms with Gasteiger partial charge in [-0.2, -0.15) is 0 Å². The van der Waals surface area contributed by atoms with Crippen molar-refractivity contribution in [2.24, 2.45) is 11.8 Å². The van der Waals surface area contributed by atoms with Crippen molar-refractivity contribution in [2.75, 3.05) is 26.2 Å². The molecule has 5 heteroatoms. The van der Waals surface area contributed by atoms with Gasteiger partial charge < -0.3 is 0 Å². The third-order valence-corrected chi connectivity index (χ3v) is 6.13. The fourth-order valence-electron chi connectivity index (χ4n) is 4.89. The van der Waals surface area contributed by atoms with E-state index in [2.05, 4.69) is 9.80 Å². The number of nitrogens with zero attached hydrogens (tertiary/aromatic N) is 3. The van der Waals surface area contributed by atoms with Crippen LogP contribution in [0.3, 0.4) is 0 Å². The second-order valence-electron chi connectivity index (χ2n) is 7.48. The highest BCUT2D eigenvalue weighted by Gasteiger charge is 2.42. The van der Waals surface area contributed by atoms with E-state index in [-0.39, 0.29) is 10.6 Å². The van der Waals surface area contributed by atoms with Gasteiger partial charge in [-0.1, -0.05) is 18.6 Å². The second-order valence-corrected chi connectivity index (χ2v) is 7.48. The molecule has 2 saturated carbocycles. The standard InChI is InChI=1S/C18H25N3O2/c22-21(23)17-5-2-14(3-6-17)13-19-7-9-20(10-8-19)18-12-15-1-4-16(18)11-15/h2-3,5-6,15-16,18H,1,4,7-13H2/t15-,16-,18+/m1/s1. The first-order valence-electron chi connectivity index (χ1n) is 8.89. The minimum absolute atomic E-state index is 0.176. The highest BCUT2D eigenvalue weighted by molar-refractivity contribution is 5.32. The van der Waals surface area contributed by atoms with Crippen LogP contribution < -0.4 is 0 Å². The molecule has 23 heavy (non-hydrogen) atoms. The van der Waals surface area contributed by atoms with E-state index in [1.165, 1.54) is 44.3 Å². The van der Waals surface area contributed by atoms with Crippen LogP contribution in [0.4, 0.5) is 5.69 Å². The average Bonchev–Trinajstić information content (AvgIpc) is 3.19. The summed E-state index contributed by atoms with van der Waals surface area (Å²) in [7, 11) is 0. The van der Waals surface area contributed by atoms with Crippen molar-refractivity contribution < 1.29 is 4.92 Å². The summed E-state index contributed by atoms with van der Waals surface area (Å²) in [5, 5.41) is 10.7. The number of nitro benzene ring substituents is 1. The maximum atomic E-state index is 10.7. The molecule has 4 rings (SSSR count). The Morgan fingerprint density at radius 3 is 2.35 bits per heavy atom. The van der Waals surface area contributed by atoms with Crippen LogP contribution in [0, 0.1) is 22.0 Å². The Morgan fingerprint density at radius 2 is 1.78 bits per heavy atom. The first-order valence-corrected chi connectivity index (χ1v) is 8.89. The summed E-state index contributed by atoms with van der Waals surface area (Å²) in [4.78, 5) is 15.6. The van der Waals surface area contributed by atoms with Crippen LogP contribution in [0.1, 0.15) is 31.2 Å². The number of hydrogen-bond acceptors (Lipinski definition) is 4. The molecule has 0 unspecified atom stereocenters. The van der Waals surface area contributed by atoms with Crippen molar-refractivity contribution >= 4 is 5.69 Å². The molecule has 0 spiro atoms. The van der Waals surface area contributed by atoms with E-state index in [4.69, 9.17) is 0 Å². The Balaban J connectivity index is 1.29. The fraction of sp³-hybridized carbons (Fsp3) is 0.667. The van der Waals surface area contributed by atoms with Crippen LogP contribution >= 0.6 is 0 Å². The minimum atomic E-state index is -0.335. The topological polar surface area (TPSA) is 49.6 Å². The highest BCUT2D eigenvalue weighted by atomic mass is 16.6. The molecular formula is C18H25N3O2. The number of piperazine rings is 1. The lowest BCUT2D eigenvalue weighted by atomic mass is 9.93. The molecule has 3 fully saturated rings. The summed E-state index contributed by atoms with van der Waals surface area (Å²) in [5.74, 6) is 1.99. The van der Waals surface area contributed by atoms with E-state index in [0.717, 1.165) is 37.5 Å². The van der Waals surface area contributed by atoms with Gasteiger partial charge in [0.05, 0.1) is 4.92 Å². The highest BCUT2D eigenvalue weighted by Crippen LogP contribution is 2.46. The Bertz CT molecular complexity index is 566. The van der Waals surface area contributed by atoms with E-state index in [0.29, 0.717) is 0 Å². The van der Waals surface area contributed by atoms with Gasteiger partial charge in [0.2, 0.25) is 0 Å². The van der Waals surface area contributed by atoms with Gasteiger partial charge in [0.15, 0.2) is 0 Å². The molecule has 124 valence electrons. The van der Waals surface area contributed by atoms with Gasteiger partial charge in [-0.05, 0) is 36.7 Å². The Kier molecular flexibility index (Phi) is 4.07. The van der Waals surface area contributed by atoms with Crippen LogP contribution in [-0.4, -0.2) is 46.9 Å². The zero-order valence-corrected chi connectivity index (χ0v) is 13.6. The molecule has 0 aromatic heterocycles. The van der Waals surface area contributed by atoms with Crippen molar-refractivity contribution in [3.63, 3.8) is 0 Å². The van der Waals surface area contributed by atoms with Crippen LogP contribution in [0.15, 0.2) is 24.3 Å². The predicted octanol–water partition coefficient (Wildman–Crippen LogP) is 2.90. The van der Waals surface area contributed by atoms with E-state index in [9.17, 15) is 10.1 Å². The lowest BCUT2D eigenvalue weighted by Gasteiger charge is -2.41. The molecule has 2 aliphatic carbocycles. The monoisotopic (exact) mass is 315 g/mol. The van der Waals surface area contributed by atoms with Gasteiger partial charge in [-0.15, -0.1) is 0 Å². The molecule has 1 heterocycles. The quantitative estimate of drug-likeness (QED) is 0.633. The van der Waals surface area contributed by atoms with Crippen molar-refractivity contribution in [3.05, 3.63) is 39.9 Å². The number of rotatable bonds is 4. The molecule has 1 saturated heterocycles. The van der Waals surface area contributed by atoms with Gasteiger partial charge in [-0.25, -0.2) is 0 Å². The van der Waals surface area contributed by atoms with E-state index in [1.54, 1.807) is 12.1 Å². The SMILES string of the molecule is O=[N+]([O-])c1ccc(CN2CCN([C@H]3C[C@@H]4CC[C@@H]3C4)CC2)cc1. The van der Waals surface area contributed by atoms with Crippen LogP contribution in [-0.2, 0) is 6.54 Å². The van der Waals surface area contributed by atoms with Gasteiger partial charge in [0.1, 0.15) is 0 Å². The van der Waals surface area contributed by atoms with Crippen molar-refractivity contribution in [1.82, 2.24) is 9.80 Å². The smallest absolute Gasteiger partial charge is 0.269 e. The second kappa shape index (κ2) is 6.21. The Labute approximate surface area is 137 Å². The summed E-state index contributed by atoms with van der Waals surface area (Å²) in [5.41, 5.74) is 1.35. The maximum Gasteiger partial charge on any atom is 0.269 e. The van der Waals surface area contributed by atoms with E-state index >= 15 is 0 Å². The third-order valence-electron chi connectivity index (χ3n) is 6.13. The van der Waals surface area contributed by atoms with Gasteiger partial charge in [0.25, 0.3) is 5.69 Å². The summed E-state index contributed by atoms with van der Waals surface area (Å²) in [6.45, 7) is 5.50. The van der Waals surface area contributed by atoms with Crippen LogP contribution in [0.25, 0.3) is 0 Å².